The molecule has 25 heavy (non-hydrogen) atoms. The highest BCUT2D eigenvalue weighted by Gasteiger charge is 2.22. The first-order valence-electron chi connectivity index (χ1n) is 7.06. The molecule has 1 aromatic heterocycles. The van der Waals surface area contributed by atoms with Gasteiger partial charge in [0.25, 0.3) is 0 Å². The van der Waals surface area contributed by atoms with E-state index in [0.29, 0.717) is 11.5 Å². The smallest absolute Gasteiger partial charge is 0.351 e. The summed E-state index contributed by atoms with van der Waals surface area (Å²) in [7, 11) is 0. The predicted molar refractivity (Wildman–Crippen MR) is 85.2 cm³/mol. The van der Waals surface area contributed by atoms with Crippen molar-refractivity contribution in [3.63, 3.8) is 0 Å². The monoisotopic (exact) mass is 343 g/mol. The third-order valence-electron chi connectivity index (χ3n) is 3.43. The third kappa shape index (κ3) is 3.23. The van der Waals surface area contributed by atoms with Crippen LogP contribution in [-0.2, 0) is 0 Å². The maximum atomic E-state index is 13.3. The predicted octanol–water partition coefficient (Wildman–Crippen LogP) is 3.37. The quantitative estimate of drug-likeness (QED) is 0.238. The van der Waals surface area contributed by atoms with Crippen LogP contribution in [0.15, 0.2) is 51.7 Å². The molecule has 0 N–H and O–H groups in total. The van der Waals surface area contributed by atoms with Gasteiger partial charge in [0.2, 0.25) is 5.75 Å². The second kappa shape index (κ2) is 6.16. The Morgan fingerprint density at radius 3 is 2.68 bits per heavy atom. The molecule has 0 saturated carbocycles. The molecule has 0 bridgehead atoms. The van der Waals surface area contributed by atoms with Crippen molar-refractivity contribution < 1.29 is 23.3 Å². The van der Waals surface area contributed by atoms with Gasteiger partial charge in [-0.3, -0.25) is 10.1 Å². The summed E-state index contributed by atoms with van der Waals surface area (Å²) >= 11 is 0. The number of ether oxygens (including phenoxy) is 1. The van der Waals surface area contributed by atoms with E-state index < -0.39 is 39.3 Å². The zero-order valence-electron chi connectivity index (χ0n) is 12.8. The first kappa shape index (κ1) is 16.3. The summed E-state index contributed by atoms with van der Waals surface area (Å²) in [6.45, 7) is 1.82. The maximum Gasteiger partial charge on any atom is 0.351 e. The molecule has 0 aliphatic heterocycles. The highest BCUT2D eigenvalue weighted by molar-refractivity contribution is 5.94. The fourth-order valence-corrected chi connectivity index (χ4v) is 2.26. The summed E-state index contributed by atoms with van der Waals surface area (Å²) < 4.78 is 23.2. The lowest BCUT2D eigenvalue weighted by Crippen LogP contribution is -2.19. The number of halogens is 1. The molecule has 0 unspecified atom stereocenters. The number of esters is 1. The number of rotatable bonds is 3. The lowest BCUT2D eigenvalue weighted by Gasteiger charge is -2.05. The van der Waals surface area contributed by atoms with E-state index in [1.165, 1.54) is 6.07 Å². The van der Waals surface area contributed by atoms with Crippen molar-refractivity contribution in [3.05, 3.63) is 79.9 Å². The van der Waals surface area contributed by atoms with Crippen molar-refractivity contribution in [1.82, 2.24) is 0 Å². The van der Waals surface area contributed by atoms with Gasteiger partial charge in [-0.25, -0.2) is 14.0 Å². The average Bonchev–Trinajstić information content (AvgIpc) is 2.54. The molecule has 0 atom stereocenters. The standard InChI is InChI=1S/C17H10FNO6/c1-9-2-5-14-10(6-9)7-12(16(20)24-14)17(21)25-15-8-11(18)3-4-13(15)19(22)23/h2-8H,1H3. The minimum Gasteiger partial charge on any atom is -0.422 e. The van der Waals surface area contributed by atoms with Crippen molar-refractivity contribution in [1.29, 1.82) is 0 Å². The van der Waals surface area contributed by atoms with Crippen molar-refractivity contribution >= 4 is 22.6 Å². The normalized spacial score (nSPS) is 10.6. The Labute approximate surface area is 139 Å². The Morgan fingerprint density at radius 1 is 1.20 bits per heavy atom. The second-order valence-electron chi connectivity index (χ2n) is 5.25. The first-order chi connectivity index (χ1) is 11.8. The summed E-state index contributed by atoms with van der Waals surface area (Å²) in [5, 5.41) is 11.4. The van der Waals surface area contributed by atoms with Crippen molar-refractivity contribution in [2.45, 2.75) is 6.92 Å². The molecule has 126 valence electrons. The largest absolute Gasteiger partial charge is 0.422 e. The fraction of sp³-hybridized carbons (Fsp3) is 0.0588. The molecule has 0 aliphatic rings. The van der Waals surface area contributed by atoms with Gasteiger partial charge in [0, 0.05) is 17.5 Å². The maximum absolute atomic E-state index is 13.3. The Kier molecular flexibility index (Phi) is 4.02. The summed E-state index contributed by atoms with van der Waals surface area (Å²) in [5.74, 6) is -2.60. The first-order valence-corrected chi connectivity index (χ1v) is 7.06. The SMILES string of the molecule is Cc1ccc2oc(=O)c(C(=O)Oc3cc(F)ccc3[N+](=O)[O-])cc2c1. The van der Waals surface area contributed by atoms with Crippen LogP contribution in [0, 0.1) is 22.9 Å². The van der Waals surface area contributed by atoms with Crippen LogP contribution in [0.25, 0.3) is 11.0 Å². The van der Waals surface area contributed by atoms with E-state index in [9.17, 15) is 24.1 Å². The third-order valence-corrected chi connectivity index (χ3v) is 3.43. The zero-order chi connectivity index (χ0) is 18.1. The molecule has 0 aliphatic carbocycles. The lowest BCUT2D eigenvalue weighted by atomic mass is 10.1. The molecule has 3 aromatic rings. The highest BCUT2D eigenvalue weighted by Crippen LogP contribution is 2.28. The van der Waals surface area contributed by atoms with Crippen LogP contribution in [-0.4, -0.2) is 10.9 Å². The van der Waals surface area contributed by atoms with Crippen LogP contribution < -0.4 is 10.4 Å². The van der Waals surface area contributed by atoms with E-state index in [4.69, 9.17) is 9.15 Å². The van der Waals surface area contributed by atoms with Crippen molar-refractivity contribution in [2.75, 3.05) is 0 Å². The minimum absolute atomic E-state index is 0.281. The number of benzene rings is 2. The Morgan fingerprint density at radius 2 is 1.96 bits per heavy atom. The number of hydrogen-bond donors (Lipinski definition) is 0. The second-order valence-corrected chi connectivity index (χ2v) is 5.25. The van der Waals surface area contributed by atoms with Crippen LogP contribution >= 0.6 is 0 Å². The minimum atomic E-state index is -1.18. The van der Waals surface area contributed by atoms with Gasteiger partial charge >= 0.3 is 17.3 Å². The summed E-state index contributed by atoms with van der Waals surface area (Å²) in [4.78, 5) is 34.3. The van der Waals surface area contributed by atoms with Gasteiger partial charge in [0.05, 0.1) is 4.92 Å². The average molecular weight is 343 g/mol. The van der Waals surface area contributed by atoms with Crippen LogP contribution in [0.1, 0.15) is 15.9 Å². The van der Waals surface area contributed by atoms with Crippen LogP contribution in [0.2, 0.25) is 0 Å². The molecule has 0 fully saturated rings. The van der Waals surface area contributed by atoms with Crippen LogP contribution in [0.4, 0.5) is 10.1 Å². The van der Waals surface area contributed by atoms with Gasteiger partial charge in [0.1, 0.15) is 17.0 Å². The van der Waals surface area contributed by atoms with Gasteiger partial charge in [-0.05, 0) is 31.2 Å². The zero-order valence-corrected chi connectivity index (χ0v) is 12.8. The van der Waals surface area contributed by atoms with Gasteiger partial charge in [0.15, 0.2) is 0 Å². The number of nitrogens with zero attached hydrogens (tertiary/aromatic N) is 1. The molecular formula is C17H10FNO6. The number of carbonyl (C=O) groups is 1. The number of aryl methyl sites for hydroxylation is 1. The molecule has 8 heteroatoms. The van der Waals surface area contributed by atoms with Gasteiger partial charge < -0.3 is 9.15 Å². The Bertz CT molecular complexity index is 1070. The van der Waals surface area contributed by atoms with Gasteiger partial charge in [-0.2, -0.15) is 0 Å². The van der Waals surface area contributed by atoms with Crippen molar-refractivity contribution in [2.24, 2.45) is 0 Å². The summed E-state index contributed by atoms with van der Waals surface area (Å²) in [5.41, 5.74) is -0.849. The topological polar surface area (TPSA) is 99.7 Å². The number of fused-ring (bicyclic) bond motifs is 1. The molecule has 2 aromatic carbocycles. The number of nitro benzene ring substituents is 1. The Balaban J connectivity index is 2.03. The van der Waals surface area contributed by atoms with E-state index in [-0.39, 0.29) is 5.58 Å². The fourth-order valence-electron chi connectivity index (χ4n) is 2.26. The molecule has 0 radical (unpaired) electrons. The molecular weight excluding hydrogens is 333 g/mol. The summed E-state index contributed by atoms with van der Waals surface area (Å²) in [6.07, 6.45) is 0. The highest BCUT2D eigenvalue weighted by atomic mass is 19.1. The molecule has 7 nitrogen and oxygen atoms in total. The Hall–Kier alpha value is -3.55. The van der Waals surface area contributed by atoms with Gasteiger partial charge in [-0.1, -0.05) is 11.6 Å². The van der Waals surface area contributed by atoms with Crippen molar-refractivity contribution in [3.8, 4) is 5.75 Å². The molecule has 0 saturated heterocycles. The van der Waals surface area contributed by atoms with E-state index >= 15 is 0 Å². The van der Waals surface area contributed by atoms with Gasteiger partial charge in [-0.15, -0.1) is 0 Å². The van der Waals surface area contributed by atoms with E-state index in [0.717, 1.165) is 17.7 Å². The molecule has 3 rings (SSSR count). The number of carbonyl (C=O) groups excluding carboxylic acids is 1. The summed E-state index contributed by atoms with van der Waals surface area (Å²) in [6, 6.07) is 8.70. The number of hydrogen-bond acceptors (Lipinski definition) is 6. The molecule has 1 heterocycles. The lowest BCUT2D eigenvalue weighted by molar-refractivity contribution is -0.385. The van der Waals surface area contributed by atoms with E-state index in [2.05, 4.69) is 0 Å². The van der Waals surface area contributed by atoms with Crippen LogP contribution in [0.5, 0.6) is 5.75 Å². The molecule has 0 spiro atoms. The van der Waals surface area contributed by atoms with E-state index in [1.807, 2.05) is 6.92 Å². The number of nitro groups is 1. The van der Waals surface area contributed by atoms with E-state index in [1.54, 1.807) is 18.2 Å². The molecule has 0 amide bonds. The van der Waals surface area contributed by atoms with Crippen LogP contribution in [0.3, 0.4) is 0 Å².